The zero-order chi connectivity index (χ0) is 11.0. The zero-order valence-corrected chi connectivity index (χ0v) is 9.89. The Bertz CT molecular complexity index is 377. The molecule has 2 aliphatic heterocycles. The van der Waals surface area contributed by atoms with E-state index in [9.17, 15) is 0 Å². The van der Waals surface area contributed by atoms with E-state index in [4.69, 9.17) is 0 Å². The Hall–Kier alpha value is -1.09. The minimum atomic E-state index is 0.691. The van der Waals surface area contributed by atoms with E-state index in [2.05, 4.69) is 33.8 Å². The first-order chi connectivity index (χ1) is 7.88. The second kappa shape index (κ2) is 4.06. The lowest BCUT2D eigenvalue weighted by molar-refractivity contribution is 0.269. The van der Waals surface area contributed by atoms with Crippen LogP contribution in [0.4, 0.5) is 5.82 Å². The lowest BCUT2D eigenvalue weighted by Crippen LogP contribution is -2.37. The molecule has 0 aromatic carbocycles. The van der Waals surface area contributed by atoms with Crippen LogP contribution in [0, 0.1) is 0 Å². The van der Waals surface area contributed by atoms with E-state index in [-0.39, 0.29) is 0 Å². The van der Waals surface area contributed by atoms with E-state index in [1.165, 1.54) is 37.3 Å². The van der Waals surface area contributed by atoms with Crippen molar-refractivity contribution in [3.63, 3.8) is 0 Å². The molecular weight excluding hydrogens is 198 g/mol. The highest BCUT2D eigenvalue weighted by atomic mass is 15.3. The Morgan fingerprint density at radius 3 is 3.31 bits per heavy atom. The summed E-state index contributed by atoms with van der Waals surface area (Å²) in [4.78, 5) is 9.65. The van der Waals surface area contributed by atoms with Crippen molar-refractivity contribution in [1.82, 2.24) is 9.88 Å². The van der Waals surface area contributed by atoms with Gasteiger partial charge in [-0.15, -0.1) is 0 Å². The Morgan fingerprint density at radius 1 is 1.50 bits per heavy atom. The van der Waals surface area contributed by atoms with E-state index in [0.717, 1.165) is 13.1 Å². The third kappa shape index (κ3) is 1.59. The van der Waals surface area contributed by atoms with Crippen LogP contribution < -0.4 is 4.90 Å². The molecule has 0 N–H and O–H groups in total. The maximum atomic E-state index is 4.59. The van der Waals surface area contributed by atoms with Gasteiger partial charge in [-0.2, -0.15) is 0 Å². The molecule has 0 saturated carbocycles. The van der Waals surface area contributed by atoms with Crippen molar-refractivity contribution in [3.05, 3.63) is 23.9 Å². The molecule has 16 heavy (non-hydrogen) atoms. The molecule has 0 amide bonds. The van der Waals surface area contributed by atoms with Crippen LogP contribution in [-0.4, -0.2) is 35.6 Å². The Morgan fingerprint density at radius 2 is 2.44 bits per heavy atom. The van der Waals surface area contributed by atoms with E-state index >= 15 is 0 Å². The summed E-state index contributed by atoms with van der Waals surface area (Å²) in [5, 5.41) is 0. The van der Waals surface area contributed by atoms with Crippen LogP contribution in [0.25, 0.3) is 0 Å². The van der Waals surface area contributed by atoms with Crippen molar-refractivity contribution < 1.29 is 0 Å². The van der Waals surface area contributed by atoms with Gasteiger partial charge < -0.3 is 4.90 Å². The molecule has 1 fully saturated rings. The average molecular weight is 217 g/mol. The highest BCUT2D eigenvalue weighted by Crippen LogP contribution is 2.30. The summed E-state index contributed by atoms with van der Waals surface area (Å²) >= 11 is 0. The van der Waals surface area contributed by atoms with Gasteiger partial charge in [-0.25, -0.2) is 4.98 Å². The zero-order valence-electron chi connectivity index (χ0n) is 9.89. The summed E-state index contributed by atoms with van der Waals surface area (Å²) in [5.74, 6) is 1.24. The molecular formula is C13H19N3. The van der Waals surface area contributed by atoms with E-state index < -0.39 is 0 Å². The van der Waals surface area contributed by atoms with Crippen molar-refractivity contribution in [2.24, 2.45) is 0 Å². The molecule has 3 nitrogen and oxygen atoms in total. The molecule has 0 bridgehead atoms. The largest absolute Gasteiger partial charge is 0.352 e. The molecule has 2 aliphatic rings. The summed E-state index contributed by atoms with van der Waals surface area (Å²) in [6.07, 6.45) is 4.57. The Labute approximate surface area is 97.1 Å². The maximum absolute atomic E-state index is 4.59. The maximum Gasteiger partial charge on any atom is 0.133 e. The molecule has 86 valence electrons. The van der Waals surface area contributed by atoms with Gasteiger partial charge in [0.1, 0.15) is 5.82 Å². The average Bonchev–Trinajstić information content (AvgIpc) is 2.71. The number of fused-ring (bicyclic) bond motifs is 3. The molecule has 3 heteroatoms. The van der Waals surface area contributed by atoms with Crippen LogP contribution in [0.5, 0.6) is 0 Å². The van der Waals surface area contributed by atoms with Crippen LogP contribution in [0.3, 0.4) is 0 Å². The van der Waals surface area contributed by atoms with Gasteiger partial charge in [-0.1, -0.05) is 13.0 Å². The number of likely N-dealkylation sites (N-methyl/N-ethyl adjacent to an activating group) is 1. The molecule has 1 atom stereocenters. The second-order valence-corrected chi connectivity index (χ2v) is 4.80. The topological polar surface area (TPSA) is 19.4 Å². The lowest BCUT2D eigenvalue weighted by Gasteiger charge is -2.26. The van der Waals surface area contributed by atoms with Crippen LogP contribution in [0.2, 0.25) is 0 Å². The highest BCUT2D eigenvalue weighted by Gasteiger charge is 2.31. The van der Waals surface area contributed by atoms with Crippen molar-refractivity contribution >= 4 is 5.82 Å². The molecule has 0 aliphatic carbocycles. The number of anilines is 1. The standard InChI is InChI=1S/C13H19N3/c1-2-15-9-11-5-3-7-14-13(11)16-8-4-6-12(16)10-15/h3,5,7,12H,2,4,6,8-10H2,1H3/t12-/m0/s1. The van der Waals surface area contributed by atoms with Gasteiger partial charge >= 0.3 is 0 Å². The monoisotopic (exact) mass is 217 g/mol. The van der Waals surface area contributed by atoms with Gasteiger partial charge in [0.2, 0.25) is 0 Å². The fourth-order valence-corrected chi connectivity index (χ4v) is 2.96. The van der Waals surface area contributed by atoms with Crippen molar-refractivity contribution in [3.8, 4) is 0 Å². The second-order valence-electron chi connectivity index (χ2n) is 4.80. The number of nitrogens with zero attached hydrogens (tertiary/aromatic N) is 3. The number of hydrogen-bond acceptors (Lipinski definition) is 3. The Kier molecular flexibility index (Phi) is 2.56. The van der Waals surface area contributed by atoms with Gasteiger partial charge in [0.15, 0.2) is 0 Å². The number of hydrogen-bond donors (Lipinski definition) is 0. The van der Waals surface area contributed by atoms with Crippen molar-refractivity contribution in [2.45, 2.75) is 32.4 Å². The van der Waals surface area contributed by atoms with Gasteiger partial charge in [-0.05, 0) is 25.5 Å². The molecule has 0 unspecified atom stereocenters. The summed E-state index contributed by atoms with van der Waals surface area (Å²) < 4.78 is 0. The first kappa shape index (κ1) is 10.1. The first-order valence-corrected chi connectivity index (χ1v) is 6.31. The van der Waals surface area contributed by atoms with Crippen molar-refractivity contribution in [1.29, 1.82) is 0 Å². The van der Waals surface area contributed by atoms with E-state index in [1.54, 1.807) is 0 Å². The summed E-state index contributed by atoms with van der Waals surface area (Å²) in [7, 11) is 0. The van der Waals surface area contributed by atoms with Crippen LogP contribution >= 0.6 is 0 Å². The number of pyridine rings is 1. The SMILES string of the molecule is CCN1Cc2cccnc2N2CCC[C@H]2C1. The summed E-state index contributed by atoms with van der Waals surface area (Å²) in [6.45, 7) is 6.84. The lowest BCUT2D eigenvalue weighted by atomic mass is 10.2. The highest BCUT2D eigenvalue weighted by molar-refractivity contribution is 5.49. The van der Waals surface area contributed by atoms with Gasteiger partial charge in [0.25, 0.3) is 0 Å². The van der Waals surface area contributed by atoms with Crippen molar-refractivity contribution in [2.75, 3.05) is 24.5 Å². The minimum absolute atomic E-state index is 0.691. The number of rotatable bonds is 1. The first-order valence-electron chi connectivity index (χ1n) is 6.31. The number of aromatic nitrogens is 1. The van der Waals surface area contributed by atoms with Gasteiger partial charge in [0.05, 0.1) is 0 Å². The van der Waals surface area contributed by atoms with E-state index in [0.29, 0.717) is 6.04 Å². The van der Waals surface area contributed by atoms with Gasteiger partial charge in [-0.3, -0.25) is 4.90 Å². The van der Waals surface area contributed by atoms with Crippen LogP contribution in [0.15, 0.2) is 18.3 Å². The summed E-state index contributed by atoms with van der Waals surface area (Å²) in [6, 6.07) is 4.98. The molecule has 0 spiro atoms. The molecule has 1 aromatic heterocycles. The summed E-state index contributed by atoms with van der Waals surface area (Å²) in [5.41, 5.74) is 1.40. The van der Waals surface area contributed by atoms with Crippen LogP contribution in [0.1, 0.15) is 25.3 Å². The van der Waals surface area contributed by atoms with E-state index in [1.807, 2.05) is 6.20 Å². The minimum Gasteiger partial charge on any atom is -0.352 e. The molecule has 3 rings (SSSR count). The molecule has 1 saturated heterocycles. The fourth-order valence-electron chi connectivity index (χ4n) is 2.96. The molecule has 3 heterocycles. The predicted molar refractivity (Wildman–Crippen MR) is 65.6 cm³/mol. The normalized spacial score (nSPS) is 25.1. The Balaban J connectivity index is 2.00. The molecule has 1 aromatic rings. The third-order valence-corrected chi connectivity index (χ3v) is 3.83. The predicted octanol–water partition coefficient (Wildman–Crippen LogP) is 1.89. The van der Waals surface area contributed by atoms with Gasteiger partial charge in [0, 0.05) is 37.4 Å². The third-order valence-electron chi connectivity index (χ3n) is 3.83. The quantitative estimate of drug-likeness (QED) is 0.716. The fraction of sp³-hybridized carbons (Fsp3) is 0.615. The molecule has 0 radical (unpaired) electrons. The smallest absolute Gasteiger partial charge is 0.133 e. The van der Waals surface area contributed by atoms with Crippen LogP contribution in [-0.2, 0) is 6.54 Å².